The second kappa shape index (κ2) is 7.33. The van der Waals surface area contributed by atoms with Gasteiger partial charge >= 0.3 is 12.1 Å². The van der Waals surface area contributed by atoms with E-state index in [2.05, 4.69) is 9.47 Å². The van der Waals surface area contributed by atoms with Crippen molar-refractivity contribution in [1.82, 2.24) is 0 Å². The van der Waals surface area contributed by atoms with E-state index < -0.39 is 11.8 Å². The molecule has 0 aromatic heterocycles. The van der Waals surface area contributed by atoms with Crippen LogP contribution in [0.4, 0.5) is 4.79 Å². The van der Waals surface area contributed by atoms with Crippen LogP contribution < -0.4 is 0 Å². The van der Waals surface area contributed by atoms with Crippen LogP contribution in [-0.2, 0) is 19.0 Å². The van der Waals surface area contributed by atoms with Gasteiger partial charge in [-0.2, -0.15) is 0 Å². The lowest BCUT2D eigenvalue weighted by atomic mass is 10.2. The van der Waals surface area contributed by atoms with Crippen molar-refractivity contribution < 1.29 is 23.8 Å². The van der Waals surface area contributed by atoms with Gasteiger partial charge in [-0.25, -0.2) is 4.79 Å². The summed E-state index contributed by atoms with van der Waals surface area (Å²) in [7, 11) is 0. The van der Waals surface area contributed by atoms with E-state index in [1.165, 1.54) is 0 Å². The van der Waals surface area contributed by atoms with Gasteiger partial charge in [0.25, 0.3) is 0 Å². The van der Waals surface area contributed by atoms with Crippen molar-refractivity contribution in [2.75, 3.05) is 12.7 Å². The number of carbonyl (C=O) groups excluding carboxylic acids is 2. The minimum atomic E-state index is -0.834. The maximum absolute atomic E-state index is 11.2. The molecule has 0 radical (unpaired) electrons. The number of carbonyl (C=O) groups is 2. The molecule has 0 saturated carbocycles. The van der Waals surface area contributed by atoms with Crippen LogP contribution in [0.1, 0.15) is 33.6 Å². The van der Waals surface area contributed by atoms with Crippen LogP contribution in [0, 0.1) is 0 Å². The summed E-state index contributed by atoms with van der Waals surface area (Å²) in [6.45, 7) is 5.48. The van der Waals surface area contributed by atoms with E-state index in [1.807, 2.05) is 0 Å². The normalized spacial score (nSPS) is 10.8. The van der Waals surface area contributed by atoms with Crippen molar-refractivity contribution in [2.45, 2.75) is 39.2 Å². The molecule has 0 unspecified atom stereocenters. The summed E-state index contributed by atoms with van der Waals surface area (Å²) < 4.78 is 14.0. The van der Waals surface area contributed by atoms with Crippen molar-refractivity contribution in [3.63, 3.8) is 0 Å². The molecule has 0 bridgehead atoms. The minimum absolute atomic E-state index is 0.106. The van der Waals surface area contributed by atoms with E-state index in [0.717, 1.165) is 0 Å². The standard InChI is InChI=1S/C10H17ClO5/c1-10(2,3)16-8(12)5-4-6-14-9(13)15-7-11/h4-7H2,1-3H3. The fourth-order valence-corrected chi connectivity index (χ4v) is 0.940. The Labute approximate surface area is 100.0 Å². The monoisotopic (exact) mass is 252 g/mol. The molecule has 0 rings (SSSR count). The Balaban J connectivity index is 3.52. The molecule has 0 aliphatic rings. The summed E-state index contributed by atoms with van der Waals surface area (Å²) in [5.74, 6) is -0.318. The van der Waals surface area contributed by atoms with Gasteiger partial charge in [-0.1, -0.05) is 11.6 Å². The molecule has 0 N–H and O–H groups in total. The van der Waals surface area contributed by atoms with E-state index in [4.69, 9.17) is 16.3 Å². The molecule has 0 saturated heterocycles. The largest absolute Gasteiger partial charge is 0.509 e. The molecule has 0 amide bonds. The predicted molar refractivity (Wildman–Crippen MR) is 58.2 cm³/mol. The molecule has 5 nitrogen and oxygen atoms in total. The van der Waals surface area contributed by atoms with Gasteiger partial charge in [0.15, 0.2) is 6.07 Å². The molecule has 0 aromatic carbocycles. The Bertz CT molecular complexity index is 234. The van der Waals surface area contributed by atoms with Crippen molar-refractivity contribution in [2.24, 2.45) is 0 Å². The Hall–Kier alpha value is -0.970. The van der Waals surface area contributed by atoms with Crippen LogP contribution in [-0.4, -0.2) is 30.4 Å². The van der Waals surface area contributed by atoms with Gasteiger partial charge in [-0.15, -0.1) is 0 Å². The number of rotatable bonds is 5. The molecule has 0 heterocycles. The third-order valence-electron chi connectivity index (χ3n) is 1.34. The Morgan fingerprint density at radius 1 is 1.19 bits per heavy atom. The van der Waals surface area contributed by atoms with Crippen LogP contribution >= 0.6 is 11.6 Å². The summed E-state index contributed by atoms with van der Waals surface area (Å²) in [6, 6.07) is -0.245. The Morgan fingerprint density at radius 3 is 2.31 bits per heavy atom. The molecule has 0 aromatic rings. The van der Waals surface area contributed by atoms with Crippen molar-refractivity contribution in [3.05, 3.63) is 0 Å². The lowest BCUT2D eigenvalue weighted by molar-refractivity contribution is -0.155. The molecule has 0 atom stereocenters. The second-order valence-electron chi connectivity index (χ2n) is 4.04. The van der Waals surface area contributed by atoms with E-state index >= 15 is 0 Å². The highest BCUT2D eigenvalue weighted by Crippen LogP contribution is 2.09. The number of ether oxygens (including phenoxy) is 3. The molecule has 6 heteroatoms. The predicted octanol–water partition coefficient (Wildman–Crippen LogP) is 2.46. The number of halogens is 1. The van der Waals surface area contributed by atoms with Crippen molar-refractivity contribution >= 4 is 23.7 Å². The van der Waals surface area contributed by atoms with E-state index in [1.54, 1.807) is 20.8 Å². The minimum Gasteiger partial charge on any atom is -0.460 e. The molecular weight excluding hydrogens is 236 g/mol. The zero-order valence-corrected chi connectivity index (χ0v) is 10.5. The molecule has 0 spiro atoms. The fourth-order valence-electron chi connectivity index (χ4n) is 0.851. The highest BCUT2D eigenvalue weighted by molar-refractivity contribution is 6.17. The third-order valence-corrected chi connectivity index (χ3v) is 1.45. The van der Waals surface area contributed by atoms with Gasteiger partial charge in [0.1, 0.15) is 5.60 Å². The van der Waals surface area contributed by atoms with Gasteiger partial charge < -0.3 is 14.2 Å². The first-order valence-corrected chi connectivity index (χ1v) is 5.46. The number of hydrogen-bond acceptors (Lipinski definition) is 5. The van der Waals surface area contributed by atoms with Crippen LogP contribution in [0.5, 0.6) is 0 Å². The van der Waals surface area contributed by atoms with E-state index in [0.29, 0.717) is 6.42 Å². The van der Waals surface area contributed by atoms with Crippen LogP contribution in [0.3, 0.4) is 0 Å². The zero-order valence-electron chi connectivity index (χ0n) is 9.75. The van der Waals surface area contributed by atoms with Gasteiger partial charge in [0.05, 0.1) is 6.61 Å². The summed E-state index contributed by atoms with van der Waals surface area (Å²) >= 11 is 5.14. The van der Waals surface area contributed by atoms with Gasteiger partial charge in [-0.3, -0.25) is 4.79 Å². The number of esters is 1. The second-order valence-corrected chi connectivity index (χ2v) is 4.26. The topological polar surface area (TPSA) is 61.8 Å². The molecule has 0 fully saturated rings. The summed E-state index contributed by atoms with van der Waals surface area (Å²) in [6.07, 6.45) is -0.239. The van der Waals surface area contributed by atoms with Crippen LogP contribution in [0.15, 0.2) is 0 Å². The molecule has 0 aliphatic carbocycles. The Kier molecular flexibility index (Phi) is 6.88. The average Bonchev–Trinajstić information content (AvgIpc) is 2.10. The van der Waals surface area contributed by atoms with Crippen LogP contribution in [0.2, 0.25) is 0 Å². The lowest BCUT2D eigenvalue weighted by Gasteiger charge is -2.19. The first-order chi connectivity index (χ1) is 7.35. The molecular formula is C10H17ClO5. The average molecular weight is 253 g/mol. The Morgan fingerprint density at radius 2 is 1.81 bits per heavy atom. The van der Waals surface area contributed by atoms with Gasteiger partial charge in [0.2, 0.25) is 0 Å². The maximum atomic E-state index is 11.2. The maximum Gasteiger partial charge on any atom is 0.509 e. The van der Waals surface area contributed by atoms with Gasteiger partial charge in [0, 0.05) is 6.42 Å². The SMILES string of the molecule is CC(C)(C)OC(=O)CCCOC(=O)OCCl. The smallest absolute Gasteiger partial charge is 0.460 e. The van der Waals surface area contributed by atoms with E-state index in [9.17, 15) is 9.59 Å². The van der Waals surface area contributed by atoms with Gasteiger partial charge in [-0.05, 0) is 27.2 Å². The fraction of sp³-hybridized carbons (Fsp3) is 0.800. The summed E-state index contributed by atoms with van der Waals surface area (Å²) in [5, 5.41) is 0. The third kappa shape index (κ3) is 9.58. The molecule has 0 aliphatic heterocycles. The zero-order chi connectivity index (χ0) is 12.6. The lowest BCUT2D eigenvalue weighted by Crippen LogP contribution is -2.24. The first kappa shape index (κ1) is 15.0. The highest BCUT2D eigenvalue weighted by atomic mass is 35.5. The van der Waals surface area contributed by atoms with Crippen LogP contribution in [0.25, 0.3) is 0 Å². The quantitative estimate of drug-likeness (QED) is 0.427. The summed E-state index contributed by atoms with van der Waals surface area (Å²) in [5.41, 5.74) is -0.491. The molecule has 16 heavy (non-hydrogen) atoms. The number of hydrogen-bond donors (Lipinski definition) is 0. The van der Waals surface area contributed by atoms with Crippen molar-refractivity contribution in [1.29, 1.82) is 0 Å². The van der Waals surface area contributed by atoms with Crippen molar-refractivity contribution in [3.8, 4) is 0 Å². The number of alkyl halides is 1. The van der Waals surface area contributed by atoms with E-state index in [-0.39, 0.29) is 25.1 Å². The summed E-state index contributed by atoms with van der Waals surface area (Å²) in [4.78, 5) is 21.9. The first-order valence-electron chi connectivity index (χ1n) is 4.92. The molecule has 94 valence electrons. The highest BCUT2D eigenvalue weighted by Gasteiger charge is 2.15.